The maximum atomic E-state index is 3.26. The molecule has 1 heterocycles. The van der Waals surface area contributed by atoms with Gasteiger partial charge in [-0.1, -0.05) is 48.5 Å². The molecule has 0 aliphatic carbocycles. The Hall–Kier alpha value is -2.06. The minimum atomic E-state index is 0.906. The van der Waals surface area contributed by atoms with Gasteiger partial charge in [-0.3, -0.25) is 0 Å². The predicted octanol–water partition coefficient (Wildman–Crippen LogP) is 3.60. The van der Waals surface area contributed by atoms with E-state index in [1.54, 1.807) is 0 Å². The number of aryl methyl sites for hydroxylation is 2. The second-order valence-electron chi connectivity index (χ2n) is 5.11. The molecule has 102 valence electrons. The fourth-order valence-electron chi connectivity index (χ4n) is 2.74. The standard InChI is InChI=1S/C18H20N2/c1-19-14-17-13-16-9-5-6-10-18(16)20(17)12-11-15-7-3-2-4-8-15/h2-10,13,19H,11-12,14H2,1H3. The van der Waals surface area contributed by atoms with Crippen molar-refractivity contribution in [3.63, 3.8) is 0 Å². The second kappa shape index (κ2) is 5.93. The number of para-hydroxylation sites is 1. The molecule has 2 nitrogen and oxygen atoms in total. The predicted molar refractivity (Wildman–Crippen MR) is 84.8 cm³/mol. The van der Waals surface area contributed by atoms with Crippen LogP contribution < -0.4 is 5.32 Å². The first-order valence-electron chi connectivity index (χ1n) is 7.14. The molecule has 0 bridgehead atoms. The Balaban J connectivity index is 1.90. The van der Waals surface area contributed by atoms with Gasteiger partial charge in [0.05, 0.1) is 0 Å². The summed E-state index contributed by atoms with van der Waals surface area (Å²) in [6.45, 7) is 1.93. The first kappa shape index (κ1) is 12.9. The van der Waals surface area contributed by atoms with Crippen LogP contribution in [-0.4, -0.2) is 11.6 Å². The van der Waals surface area contributed by atoms with Crippen molar-refractivity contribution in [1.82, 2.24) is 9.88 Å². The van der Waals surface area contributed by atoms with Crippen LogP contribution in [0.5, 0.6) is 0 Å². The molecule has 0 saturated carbocycles. The smallest absolute Gasteiger partial charge is 0.0483 e. The number of hydrogen-bond donors (Lipinski definition) is 1. The summed E-state index contributed by atoms with van der Waals surface area (Å²) in [6.07, 6.45) is 1.07. The lowest BCUT2D eigenvalue weighted by atomic mass is 10.1. The van der Waals surface area contributed by atoms with Gasteiger partial charge in [0.2, 0.25) is 0 Å². The van der Waals surface area contributed by atoms with E-state index in [1.165, 1.54) is 22.2 Å². The monoisotopic (exact) mass is 264 g/mol. The summed E-state index contributed by atoms with van der Waals surface area (Å²) in [7, 11) is 2.00. The van der Waals surface area contributed by atoms with Crippen molar-refractivity contribution in [3.8, 4) is 0 Å². The van der Waals surface area contributed by atoms with Gasteiger partial charge in [-0.25, -0.2) is 0 Å². The molecule has 0 aliphatic heterocycles. The van der Waals surface area contributed by atoms with Crippen molar-refractivity contribution < 1.29 is 0 Å². The lowest BCUT2D eigenvalue weighted by Crippen LogP contribution is -2.12. The molecule has 0 amide bonds. The van der Waals surface area contributed by atoms with Crippen molar-refractivity contribution in [2.24, 2.45) is 0 Å². The number of fused-ring (bicyclic) bond motifs is 1. The first-order chi connectivity index (χ1) is 9.88. The van der Waals surface area contributed by atoms with Crippen LogP contribution in [0.4, 0.5) is 0 Å². The number of hydrogen-bond acceptors (Lipinski definition) is 1. The minimum absolute atomic E-state index is 0.906. The van der Waals surface area contributed by atoms with Crippen LogP contribution in [0.25, 0.3) is 10.9 Å². The highest BCUT2D eigenvalue weighted by Crippen LogP contribution is 2.20. The molecule has 1 aromatic heterocycles. The Morgan fingerprint density at radius 3 is 2.50 bits per heavy atom. The van der Waals surface area contributed by atoms with E-state index in [2.05, 4.69) is 70.5 Å². The van der Waals surface area contributed by atoms with Crippen LogP contribution in [0.15, 0.2) is 60.7 Å². The normalized spacial score (nSPS) is 11.1. The van der Waals surface area contributed by atoms with Gasteiger partial charge in [0, 0.05) is 24.3 Å². The van der Waals surface area contributed by atoms with Gasteiger partial charge in [0.25, 0.3) is 0 Å². The van der Waals surface area contributed by atoms with Gasteiger partial charge >= 0.3 is 0 Å². The SMILES string of the molecule is CNCc1cc2ccccc2n1CCc1ccccc1. The second-order valence-corrected chi connectivity index (χ2v) is 5.11. The average Bonchev–Trinajstić information content (AvgIpc) is 2.84. The van der Waals surface area contributed by atoms with E-state index in [4.69, 9.17) is 0 Å². The molecule has 0 spiro atoms. The van der Waals surface area contributed by atoms with Crippen molar-refractivity contribution in [2.45, 2.75) is 19.5 Å². The van der Waals surface area contributed by atoms with E-state index in [9.17, 15) is 0 Å². The van der Waals surface area contributed by atoms with Crippen molar-refractivity contribution >= 4 is 10.9 Å². The van der Waals surface area contributed by atoms with Crippen molar-refractivity contribution in [3.05, 3.63) is 71.9 Å². The van der Waals surface area contributed by atoms with E-state index in [-0.39, 0.29) is 0 Å². The van der Waals surface area contributed by atoms with Gasteiger partial charge in [-0.2, -0.15) is 0 Å². The Morgan fingerprint density at radius 2 is 1.70 bits per heavy atom. The quantitative estimate of drug-likeness (QED) is 0.745. The van der Waals surface area contributed by atoms with Crippen LogP contribution in [0.3, 0.4) is 0 Å². The Kier molecular flexibility index (Phi) is 3.84. The molecule has 0 atom stereocenters. The third-order valence-electron chi connectivity index (χ3n) is 3.72. The maximum Gasteiger partial charge on any atom is 0.0483 e. The molecule has 0 radical (unpaired) electrons. The number of benzene rings is 2. The van der Waals surface area contributed by atoms with E-state index in [0.29, 0.717) is 0 Å². The summed E-state index contributed by atoms with van der Waals surface area (Å²) < 4.78 is 2.43. The van der Waals surface area contributed by atoms with Crippen LogP contribution in [0.2, 0.25) is 0 Å². The molecule has 2 aromatic carbocycles. The van der Waals surface area contributed by atoms with E-state index < -0.39 is 0 Å². The van der Waals surface area contributed by atoms with Crippen LogP contribution in [0, 0.1) is 0 Å². The summed E-state index contributed by atoms with van der Waals surface area (Å²) in [6, 6.07) is 21.6. The molecule has 0 aliphatic rings. The lowest BCUT2D eigenvalue weighted by Gasteiger charge is -2.10. The highest BCUT2D eigenvalue weighted by Gasteiger charge is 2.07. The number of rotatable bonds is 5. The molecule has 0 fully saturated rings. The number of nitrogens with zero attached hydrogens (tertiary/aromatic N) is 1. The molecule has 3 rings (SSSR count). The summed E-state index contributed by atoms with van der Waals surface area (Å²) in [5.41, 5.74) is 4.07. The van der Waals surface area contributed by atoms with Crippen molar-refractivity contribution in [2.75, 3.05) is 7.05 Å². The largest absolute Gasteiger partial charge is 0.343 e. The fourth-order valence-corrected chi connectivity index (χ4v) is 2.74. The van der Waals surface area contributed by atoms with Gasteiger partial charge in [-0.15, -0.1) is 0 Å². The molecule has 3 aromatic rings. The Morgan fingerprint density at radius 1 is 0.950 bits per heavy atom. The molecule has 0 saturated heterocycles. The number of aromatic nitrogens is 1. The fraction of sp³-hybridized carbons (Fsp3) is 0.222. The van der Waals surface area contributed by atoms with Gasteiger partial charge < -0.3 is 9.88 Å². The Bertz CT molecular complexity index is 683. The van der Waals surface area contributed by atoms with E-state index >= 15 is 0 Å². The van der Waals surface area contributed by atoms with Crippen LogP contribution in [-0.2, 0) is 19.5 Å². The van der Waals surface area contributed by atoms with E-state index in [0.717, 1.165) is 19.5 Å². The Labute approximate surface area is 120 Å². The molecular weight excluding hydrogens is 244 g/mol. The molecule has 2 heteroatoms. The molecule has 1 N–H and O–H groups in total. The zero-order chi connectivity index (χ0) is 13.8. The van der Waals surface area contributed by atoms with Gasteiger partial charge in [0.15, 0.2) is 0 Å². The minimum Gasteiger partial charge on any atom is -0.343 e. The summed E-state index contributed by atoms with van der Waals surface area (Å²) in [5.74, 6) is 0. The highest BCUT2D eigenvalue weighted by molar-refractivity contribution is 5.81. The van der Waals surface area contributed by atoms with E-state index in [1.807, 2.05) is 7.05 Å². The lowest BCUT2D eigenvalue weighted by molar-refractivity contribution is 0.656. The number of nitrogens with one attached hydrogen (secondary N) is 1. The van der Waals surface area contributed by atoms with Gasteiger partial charge in [-0.05, 0) is 36.6 Å². The summed E-state index contributed by atoms with van der Waals surface area (Å²) in [4.78, 5) is 0. The third-order valence-corrected chi connectivity index (χ3v) is 3.72. The first-order valence-corrected chi connectivity index (χ1v) is 7.14. The molecule has 20 heavy (non-hydrogen) atoms. The van der Waals surface area contributed by atoms with Crippen LogP contribution >= 0.6 is 0 Å². The topological polar surface area (TPSA) is 17.0 Å². The van der Waals surface area contributed by atoms with Crippen molar-refractivity contribution in [1.29, 1.82) is 0 Å². The van der Waals surface area contributed by atoms with Gasteiger partial charge in [0.1, 0.15) is 0 Å². The zero-order valence-corrected chi connectivity index (χ0v) is 11.8. The molecular formula is C18H20N2. The zero-order valence-electron chi connectivity index (χ0n) is 11.8. The summed E-state index contributed by atoms with van der Waals surface area (Å²) >= 11 is 0. The third kappa shape index (κ3) is 2.61. The summed E-state index contributed by atoms with van der Waals surface area (Å²) in [5, 5.41) is 4.59. The average molecular weight is 264 g/mol. The van der Waals surface area contributed by atoms with Crippen LogP contribution in [0.1, 0.15) is 11.3 Å². The highest BCUT2D eigenvalue weighted by atomic mass is 15.0. The maximum absolute atomic E-state index is 3.26. The molecule has 0 unspecified atom stereocenters.